The zero-order chi connectivity index (χ0) is 20.2. The van der Waals surface area contributed by atoms with E-state index in [1.807, 2.05) is 78.5 Å². The predicted molar refractivity (Wildman–Crippen MR) is 117 cm³/mol. The number of nitrogens with zero attached hydrogens (tertiary/aromatic N) is 2. The van der Waals surface area contributed by atoms with E-state index in [9.17, 15) is 4.79 Å². The summed E-state index contributed by atoms with van der Waals surface area (Å²) in [6, 6.07) is 19.0. The second kappa shape index (κ2) is 8.41. The predicted octanol–water partition coefficient (Wildman–Crippen LogP) is 5.20. The number of carbonyl (C=O) groups is 1. The van der Waals surface area contributed by atoms with Gasteiger partial charge >= 0.3 is 0 Å². The lowest BCUT2D eigenvalue weighted by Crippen LogP contribution is -2.13. The quantitative estimate of drug-likeness (QED) is 0.450. The van der Waals surface area contributed by atoms with E-state index >= 15 is 0 Å². The third-order valence-electron chi connectivity index (χ3n) is 4.50. The van der Waals surface area contributed by atoms with Gasteiger partial charge in [-0.3, -0.25) is 4.79 Å². The minimum Gasteiger partial charge on any atom is -0.486 e. The number of hydrogen-bond acceptors (Lipinski definition) is 4. The fourth-order valence-electron chi connectivity index (χ4n) is 3.03. The third-order valence-corrected chi connectivity index (χ3v) is 5.25. The lowest BCUT2D eigenvalue weighted by molar-refractivity contribution is 0.102. The summed E-state index contributed by atoms with van der Waals surface area (Å²) in [4.78, 5) is 18.5. The number of rotatable bonds is 6. The van der Waals surface area contributed by atoms with Crippen LogP contribution >= 0.6 is 11.8 Å². The van der Waals surface area contributed by atoms with Crippen LogP contribution in [0.15, 0.2) is 78.0 Å². The number of aromatic nitrogens is 2. The second-order valence-electron chi connectivity index (χ2n) is 6.67. The van der Waals surface area contributed by atoms with Gasteiger partial charge in [0.25, 0.3) is 5.91 Å². The van der Waals surface area contributed by atoms with E-state index in [0.29, 0.717) is 11.3 Å². The summed E-state index contributed by atoms with van der Waals surface area (Å²) in [5.74, 6) is 0.321. The van der Waals surface area contributed by atoms with Gasteiger partial charge in [0.15, 0.2) is 0 Å². The molecule has 29 heavy (non-hydrogen) atoms. The highest BCUT2D eigenvalue weighted by Crippen LogP contribution is 2.22. The molecule has 0 saturated heterocycles. The first-order valence-corrected chi connectivity index (χ1v) is 10.5. The lowest BCUT2D eigenvalue weighted by atomic mass is 10.2. The highest BCUT2D eigenvalue weighted by Gasteiger charge is 2.13. The molecule has 2 heterocycles. The number of pyridine rings is 1. The normalized spacial score (nSPS) is 10.8. The molecule has 0 atom stereocenters. The Kier molecular flexibility index (Phi) is 5.53. The standard InChI is InChI=1S/C23H21N3O2S/c1-16-7-12-22-24-18(14-26(22)13-16)15-28-21-6-4-3-5-20(21)23(27)25-17-8-10-19(29-2)11-9-17/h3-14H,15H2,1-2H3,(H,25,27). The SMILES string of the molecule is CSc1ccc(NC(=O)c2ccccc2OCc2cn3cc(C)ccc3n2)cc1. The molecule has 1 amide bonds. The van der Waals surface area contributed by atoms with Crippen LogP contribution in [0.5, 0.6) is 5.75 Å². The van der Waals surface area contributed by atoms with Gasteiger partial charge in [-0.1, -0.05) is 18.2 Å². The molecule has 0 spiro atoms. The third kappa shape index (κ3) is 4.43. The Labute approximate surface area is 173 Å². The van der Waals surface area contributed by atoms with E-state index in [1.165, 1.54) is 0 Å². The number of ether oxygens (including phenoxy) is 1. The molecule has 0 saturated carbocycles. The van der Waals surface area contributed by atoms with Gasteiger partial charge in [0.2, 0.25) is 0 Å². The molecule has 4 aromatic rings. The van der Waals surface area contributed by atoms with Gasteiger partial charge in [-0.2, -0.15) is 0 Å². The van der Waals surface area contributed by atoms with Crippen LogP contribution in [0.25, 0.3) is 5.65 Å². The van der Waals surface area contributed by atoms with E-state index in [1.54, 1.807) is 23.9 Å². The number of carbonyl (C=O) groups excluding carboxylic acids is 1. The van der Waals surface area contributed by atoms with Crippen LogP contribution in [0.1, 0.15) is 21.6 Å². The van der Waals surface area contributed by atoms with Crippen LogP contribution in [-0.4, -0.2) is 21.5 Å². The molecule has 5 nitrogen and oxygen atoms in total. The molecule has 1 N–H and O–H groups in total. The highest BCUT2D eigenvalue weighted by atomic mass is 32.2. The van der Waals surface area contributed by atoms with E-state index in [4.69, 9.17) is 4.74 Å². The average molecular weight is 404 g/mol. The highest BCUT2D eigenvalue weighted by molar-refractivity contribution is 7.98. The van der Waals surface area contributed by atoms with E-state index in [-0.39, 0.29) is 12.5 Å². The molecular weight excluding hydrogens is 382 g/mol. The number of aryl methyl sites for hydroxylation is 1. The van der Waals surface area contributed by atoms with Crippen molar-refractivity contribution in [3.63, 3.8) is 0 Å². The molecule has 6 heteroatoms. The van der Waals surface area contributed by atoms with Crippen molar-refractivity contribution in [1.82, 2.24) is 9.38 Å². The van der Waals surface area contributed by atoms with Gasteiger partial charge in [-0.05, 0) is 61.2 Å². The van der Waals surface area contributed by atoms with Crippen molar-refractivity contribution >= 4 is 29.0 Å². The van der Waals surface area contributed by atoms with Crippen molar-refractivity contribution in [2.45, 2.75) is 18.4 Å². The molecule has 0 aliphatic heterocycles. The molecule has 4 rings (SSSR count). The van der Waals surface area contributed by atoms with Gasteiger partial charge in [0.05, 0.1) is 11.3 Å². The lowest BCUT2D eigenvalue weighted by Gasteiger charge is -2.11. The summed E-state index contributed by atoms with van der Waals surface area (Å²) in [6.07, 6.45) is 5.99. The number of nitrogens with one attached hydrogen (secondary N) is 1. The summed E-state index contributed by atoms with van der Waals surface area (Å²) < 4.78 is 7.92. The van der Waals surface area contributed by atoms with Gasteiger partial charge in [-0.15, -0.1) is 11.8 Å². The Hall–Kier alpha value is -3.25. The Morgan fingerprint density at radius 3 is 2.66 bits per heavy atom. The smallest absolute Gasteiger partial charge is 0.259 e. The van der Waals surface area contributed by atoms with Crippen molar-refractivity contribution in [2.24, 2.45) is 0 Å². The van der Waals surface area contributed by atoms with Crippen LogP contribution in [0.2, 0.25) is 0 Å². The van der Waals surface area contributed by atoms with Gasteiger partial charge in [0, 0.05) is 23.0 Å². The van der Waals surface area contributed by atoms with Crippen LogP contribution in [0, 0.1) is 6.92 Å². The molecule has 0 radical (unpaired) electrons. The van der Waals surface area contributed by atoms with Gasteiger partial charge in [-0.25, -0.2) is 4.98 Å². The summed E-state index contributed by atoms with van der Waals surface area (Å²) >= 11 is 1.66. The largest absolute Gasteiger partial charge is 0.486 e. The number of amides is 1. The molecule has 0 bridgehead atoms. The fraction of sp³-hybridized carbons (Fsp3) is 0.130. The maximum absolute atomic E-state index is 12.8. The molecule has 0 aliphatic rings. The first-order chi connectivity index (χ1) is 14.1. The molecule has 2 aromatic heterocycles. The Balaban J connectivity index is 1.48. The minimum atomic E-state index is -0.205. The molecule has 0 fully saturated rings. The van der Waals surface area contributed by atoms with Crippen molar-refractivity contribution in [3.8, 4) is 5.75 Å². The number of para-hydroxylation sites is 1. The Morgan fingerprint density at radius 1 is 1.07 bits per heavy atom. The maximum atomic E-state index is 12.8. The van der Waals surface area contributed by atoms with Crippen LogP contribution in [-0.2, 0) is 6.61 Å². The number of hydrogen-bond donors (Lipinski definition) is 1. The van der Waals surface area contributed by atoms with Gasteiger partial charge < -0.3 is 14.5 Å². The number of benzene rings is 2. The van der Waals surface area contributed by atoms with Crippen molar-refractivity contribution in [3.05, 3.63) is 89.9 Å². The first-order valence-electron chi connectivity index (χ1n) is 9.24. The number of fused-ring (bicyclic) bond motifs is 1. The maximum Gasteiger partial charge on any atom is 0.259 e. The zero-order valence-corrected chi connectivity index (χ0v) is 17.1. The van der Waals surface area contributed by atoms with Crippen molar-refractivity contribution in [1.29, 1.82) is 0 Å². The second-order valence-corrected chi connectivity index (χ2v) is 7.55. The number of imidazole rings is 1. The summed E-state index contributed by atoms with van der Waals surface area (Å²) in [5, 5.41) is 2.93. The van der Waals surface area contributed by atoms with Crippen molar-refractivity contribution < 1.29 is 9.53 Å². The molecule has 2 aromatic carbocycles. The van der Waals surface area contributed by atoms with Crippen LogP contribution in [0.4, 0.5) is 5.69 Å². The van der Waals surface area contributed by atoms with Crippen LogP contribution in [0.3, 0.4) is 0 Å². The number of anilines is 1. The van der Waals surface area contributed by atoms with E-state index in [2.05, 4.69) is 10.3 Å². The average Bonchev–Trinajstić information content (AvgIpc) is 3.15. The van der Waals surface area contributed by atoms with Gasteiger partial charge in [0.1, 0.15) is 18.0 Å². The summed E-state index contributed by atoms with van der Waals surface area (Å²) in [5.41, 5.74) is 4.07. The van der Waals surface area contributed by atoms with E-state index < -0.39 is 0 Å². The zero-order valence-electron chi connectivity index (χ0n) is 16.3. The van der Waals surface area contributed by atoms with E-state index in [0.717, 1.165) is 27.5 Å². The molecule has 0 unspecified atom stereocenters. The number of thioether (sulfide) groups is 1. The fourth-order valence-corrected chi connectivity index (χ4v) is 3.44. The monoisotopic (exact) mass is 403 g/mol. The molecule has 146 valence electrons. The molecular formula is C23H21N3O2S. The molecule has 0 aliphatic carbocycles. The minimum absolute atomic E-state index is 0.205. The van der Waals surface area contributed by atoms with Crippen LogP contribution < -0.4 is 10.1 Å². The summed E-state index contributed by atoms with van der Waals surface area (Å²) in [6.45, 7) is 2.33. The Bertz CT molecular complexity index is 1150. The topological polar surface area (TPSA) is 55.6 Å². The van der Waals surface area contributed by atoms with Crippen molar-refractivity contribution in [2.75, 3.05) is 11.6 Å². The first kappa shape index (κ1) is 19.1. The summed E-state index contributed by atoms with van der Waals surface area (Å²) in [7, 11) is 0. The Morgan fingerprint density at radius 2 is 1.86 bits per heavy atom.